The lowest BCUT2D eigenvalue weighted by atomic mass is 9.94. The fourth-order valence-electron chi connectivity index (χ4n) is 1.77. The van der Waals surface area contributed by atoms with Crippen LogP contribution in [0.2, 0.25) is 0 Å². The normalized spacial score (nSPS) is 23.8. The first-order chi connectivity index (χ1) is 5.79. The molecule has 2 heteroatoms. The van der Waals surface area contributed by atoms with E-state index in [1.807, 2.05) is 0 Å². The molecule has 0 saturated carbocycles. The second-order valence-corrected chi connectivity index (χ2v) is 3.67. The van der Waals surface area contributed by atoms with E-state index in [2.05, 4.69) is 11.9 Å². The van der Waals surface area contributed by atoms with Gasteiger partial charge in [-0.05, 0) is 44.7 Å². The van der Waals surface area contributed by atoms with Crippen molar-refractivity contribution in [3.05, 3.63) is 12.3 Å². The molecule has 2 nitrogen and oxygen atoms in total. The summed E-state index contributed by atoms with van der Waals surface area (Å²) in [5.41, 5.74) is 0. The van der Waals surface area contributed by atoms with E-state index in [0.717, 1.165) is 25.3 Å². The van der Waals surface area contributed by atoms with Gasteiger partial charge in [-0.2, -0.15) is 0 Å². The fraction of sp³-hybridized carbons (Fsp3) is 0.800. The Hall–Kier alpha value is -0.500. The molecule has 1 heterocycles. The van der Waals surface area contributed by atoms with Gasteiger partial charge in [-0.15, -0.1) is 0 Å². The third kappa shape index (κ3) is 3.77. The van der Waals surface area contributed by atoms with Crippen LogP contribution in [0.3, 0.4) is 0 Å². The number of aliphatic hydroxyl groups excluding tert-OH is 1. The van der Waals surface area contributed by atoms with E-state index in [-0.39, 0.29) is 0 Å². The van der Waals surface area contributed by atoms with E-state index < -0.39 is 0 Å². The second-order valence-electron chi connectivity index (χ2n) is 3.67. The number of allylic oxidation sites excluding steroid dienone is 1. The second kappa shape index (κ2) is 5.20. The number of nitrogens with one attached hydrogen (secondary N) is 1. The van der Waals surface area contributed by atoms with Gasteiger partial charge in [0, 0.05) is 6.42 Å². The first kappa shape index (κ1) is 9.59. The van der Waals surface area contributed by atoms with Gasteiger partial charge in [0.15, 0.2) is 0 Å². The quantitative estimate of drug-likeness (QED) is 0.632. The Morgan fingerprint density at radius 3 is 3.00 bits per heavy atom. The molecule has 0 aromatic heterocycles. The van der Waals surface area contributed by atoms with Crippen LogP contribution in [-0.4, -0.2) is 18.2 Å². The Balaban J connectivity index is 2.01. The summed E-state index contributed by atoms with van der Waals surface area (Å²) in [6, 6.07) is 0. The molecule has 1 fully saturated rings. The van der Waals surface area contributed by atoms with E-state index in [0.29, 0.717) is 5.76 Å². The molecule has 0 aromatic rings. The van der Waals surface area contributed by atoms with Crippen molar-refractivity contribution < 1.29 is 5.11 Å². The van der Waals surface area contributed by atoms with Crippen LogP contribution >= 0.6 is 0 Å². The van der Waals surface area contributed by atoms with Gasteiger partial charge in [-0.3, -0.25) is 0 Å². The summed E-state index contributed by atoms with van der Waals surface area (Å²) in [5.74, 6) is 1.16. The van der Waals surface area contributed by atoms with Crippen molar-refractivity contribution in [1.82, 2.24) is 5.32 Å². The standard InChI is InChI=1S/C10H19NO/c1-9(12)4-2-5-10-6-3-7-11-8-10/h10-12H,1-8H2. The summed E-state index contributed by atoms with van der Waals surface area (Å²) < 4.78 is 0. The molecule has 1 rings (SSSR count). The van der Waals surface area contributed by atoms with Crippen LogP contribution in [0.5, 0.6) is 0 Å². The lowest BCUT2D eigenvalue weighted by Crippen LogP contribution is -2.29. The molecule has 12 heavy (non-hydrogen) atoms. The largest absolute Gasteiger partial charge is 0.513 e. The Labute approximate surface area is 74.7 Å². The van der Waals surface area contributed by atoms with Gasteiger partial charge in [-0.1, -0.05) is 6.58 Å². The summed E-state index contributed by atoms with van der Waals surface area (Å²) in [7, 11) is 0. The molecule has 1 aliphatic rings. The molecule has 1 aliphatic heterocycles. The van der Waals surface area contributed by atoms with E-state index in [1.165, 1.54) is 25.8 Å². The summed E-state index contributed by atoms with van der Waals surface area (Å²) in [6.45, 7) is 5.83. The minimum absolute atomic E-state index is 0.332. The van der Waals surface area contributed by atoms with Gasteiger partial charge in [0.05, 0.1) is 5.76 Å². The zero-order chi connectivity index (χ0) is 8.81. The highest BCUT2D eigenvalue weighted by atomic mass is 16.3. The SMILES string of the molecule is C=C(O)CCCC1CCCNC1. The fourth-order valence-corrected chi connectivity index (χ4v) is 1.77. The van der Waals surface area contributed by atoms with Gasteiger partial charge in [-0.25, -0.2) is 0 Å². The van der Waals surface area contributed by atoms with Gasteiger partial charge in [0.25, 0.3) is 0 Å². The van der Waals surface area contributed by atoms with Gasteiger partial charge < -0.3 is 10.4 Å². The third-order valence-corrected chi connectivity index (χ3v) is 2.48. The molecule has 0 spiro atoms. The predicted molar refractivity (Wildman–Crippen MR) is 51.2 cm³/mol. The molecule has 1 atom stereocenters. The van der Waals surface area contributed by atoms with Crippen LogP contribution in [0.4, 0.5) is 0 Å². The van der Waals surface area contributed by atoms with Crippen molar-refractivity contribution in [1.29, 1.82) is 0 Å². The number of piperidine rings is 1. The maximum absolute atomic E-state index is 8.87. The summed E-state index contributed by atoms with van der Waals surface area (Å²) >= 11 is 0. The lowest BCUT2D eigenvalue weighted by Gasteiger charge is -2.22. The maximum Gasteiger partial charge on any atom is 0.0851 e. The van der Waals surface area contributed by atoms with Crippen LogP contribution in [-0.2, 0) is 0 Å². The van der Waals surface area contributed by atoms with Crippen molar-refractivity contribution >= 4 is 0 Å². The maximum atomic E-state index is 8.87. The van der Waals surface area contributed by atoms with Crippen LogP contribution in [0.25, 0.3) is 0 Å². The van der Waals surface area contributed by atoms with Crippen LogP contribution in [0, 0.1) is 5.92 Å². The molecule has 0 aliphatic carbocycles. The van der Waals surface area contributed by atoms with E-state index in [4.69, 9.17) is 5.11 Å². The molecule has 0 aromatic carbocycles. The van der Waals surface area contributed by atoms with E-state index >= 15 is 0 Å². The Morgan fingerprint density at radius 2 is 2.42 bits per heavy atom. The van der Waals surface area contributed by atoms with Crippen molar-refractivity contribution in [3.8, 4) is 0 Å². The Kier molecular flexibility index (Phi) is 4.15. The monoisotopic (exact) mass is 169 g/mol. The van der Waals surface area contributed by atoms with Crippen molar-refractivity contribution in [2.75, 3.05) is 13.1 Å². The Morgan fingerprint density at radius 1 is 1.58 bits per heavy atom. The molecular formula is C10H19NO. The van der Waals surface area contributed by atoms with E-state index in [1.54, 1.807) is 0 Å². The van der Waals surface area contributed by atoms with E-state index in [9.17, 15) is 0 Å². The molecule has 70 valence electrons. The molecule has 0 bridgehead atoms. The van der Waals surface area contributed by atoms with Crippen LogP contribution in [0.1, 0.15) is 32.1 Å². The summed E-state index contributed by atoms with van der Waals surface area (Å²) in [6.07, 6.45) is 5.75. The predicted octanol–water partition coefficient (Wildman–Crippen LogP) is 2.23. The van der Waals surface area contributed by atoms with Gasteiger partial charge >= 0.3 is 0 Å². The summed E-state index contributed by atoms with van der Waals surface area (Å²) in [4.78, 5) is 0. The van der Waals surface area contributed by atoms with Crippen LogP contribution in [0.15, 0.2) is 12.3 Å². The molecule has 0 radical (unpaired) electrons. The topological polar surface area (TPSA) is 32.3 Å². The number of rotatable bonds is 4. The van der Waals surface area contributed by atoms with Gasteiger partial charge in [0.1, 0.15) is 0 Å². The van der Waals surface area contributed by atoms with Crippen molar-refractivity contribution in [2.24, 2.45) is 5.92 Å². The van der Waals surface area contributed by atoms with Crippen LogP contribution < -0.4 is 5.32 Å². The van der Waals surface area contributed by atoms with Crippen molar-refractivity contribution in [2.45, 2.75) is 32.1 Å². The highest BCUT2D eigenvalue weighted by Gasteiger charge is 2.11. The molecule has 1 unspecified atom stereocenters. The highest BCUT2D eigenvalue weighted by Crippen LogP contribution is 2.17. The smallest absolute Gasteiger partial charge is 0.0851 e. The first-order valence-electron chi connectivity index (χ1n) is 4.86. The summed E-state index contributed by atoms with van der Waals surface area (Å²) in [5, 5.41) is 12.3. The average Bonchev–Trinajstić information content (AvgIpc) is 2.05. The number of aliphatic hydroxyl groups is 1. The molecular weight excluding hydrogens is 150 g/mol. The zero-order valence-corrected chi connectivity index (χ0v) is 7.68. The molecule has 2 N–H and O–H groups in total. The third-order valence-electron chi connectivity index (χ3n) is 2.48. The average molecular weight is 169 g/mol. The highest BCUT2D eigenvalue weighted by molar-refractivity contribution is 4.79. The first-order valence-corrected chi connectivity index (χ1v) is 4.86. The molecule has 1 saturated heterocycles. The van der Waals surface area contributed by atoms with Gasteiger partial charge in [0.2, 0.25) is 0 Å². The lowest BCUT2D eigenvalue weighted by molar-refractivity contribution is 0.333. The molecule has 0 amide bonds. The zero-order valence-electron chi connectivity index (χ0n) is 7.68. The minimum atomic E-state index is 0.332. The minimum Gasteiger partial charge on any atom is -0.513 e. The Bertz CT molecular complexity index is 139. The number of hydrogen-bond donors (Lipinski definition) is 2. The van der Waals surface area contributed by atoms with Crippen molar-refractivity contribution in [3.63, 3.8) is 0 Å². The number of hydrogen-bond acceptors (Lipinski definition) is 2.